The van der Waals surface area contributed by atoms with E-state index in [1.807, 2.05) is 13.0 Å². The molecule has 0 N–H and O–H groups in total. The van der Waals surface area contributed by atoms with Crippen molar-refractivity contribution in [3.8, 4) is 6.07 Å². The van der Waals surface area contributed by atoms with Gasteiger partial charge in [0.05, 0.1) is 5.56 Å². The average molecular weight is 163 g/mol. The van der Waals surface area contributed by atoms with Gasteiger partial charge in [-0.3, -0.25) is 0 Å². The fraction of sp³-hybridized carbons (Fsp3) is 0.300. The van der Waals surface area contributed by atoms with Crippen LogP contribution in [0.5, 0.6) is 0 Å². The van der Waals surface area contributed by atoms with Gasteiger partial charge in [-0.2, -0.15) is 5.26 Å². The highest BCUT2D eigenvalue weighted by atomic mass is 19.1. The summed E-state index contributed by atoms with van der Waals surface area (Å²) in [7, 11) is 0. The first-order valence-electron chi connectivity index (χ1n) is 3.97. The van der Waals surface area contributed by atoms with E-state index in [4.69, 9.17) is 5.26 Å². The molecule has 0 saturated heterocycles. The molecule has 0 radical (unpaired) electrons. The van der Waals surface area contributed by atoms with E-state index in [1.54, 1.807) is 12.1 Å². The molecule has 0 saturated carbocycles. The van der Waals surface area contributed by atoms with Crippen LogP contribution in [0.3, 0.4) is 0 Å². The summed E-state index contributed by atoms with van der Waals surface area (Å²) in [4.78, 5) is 0. The molecule has 1 aromatic carbocycles. The molecule has 0 spiro atoms. The van der Waals surface area contributed by atoms with Crippen molar-refractivity contribution in [1.29, 1.82) is 5.26 Å². The zero-order chi connectivity index (χ0) is 8.97. The lowest BCUT2D eigenvalue weighted by Crippen LogP contribution is -1.92. The summed E-state index contributed by atoms with van der Waals surface area (Å²) in [6.07, 6.45) is 1.69. The Morgan fingerprint density at radius 3 is 2.83 bits per heavy atom. The van der Waals surface area contributed by atoms with Gasteiger partial charge >= 0.3 is 0 Å². The van der Waals surface area contributed by atoms with Gasteiger partial charge in [-0.25, -0.2) is 4.39 Å². The van der Waals surface area contributed by atoms with Crippen molar-refractivity contribution in [2.45, 2.75) is 19.8 Å². The number of aryl methyl sites for hydroxylation is 1. The second-order valence-electron chi connectivity index (χ2n) is 2.64. The third kappa shape index (κ3) is 1.62. The molecule has 0 aliphatic heterocycles. The molecule has 1 aromatic rings. The van der Waals surface area contributed by atoms with Crippen LogP contribution in [-0.2, 0) is 6.42 Å². The van der Waals surface area contributed by atoms with Gasteiger partial charge < -0.3 is 0 Å². The van der Waals surface area contributed by atoms with E-state index in [9.17, 15) is 4.39 Å². The van der Waals surface area contributed by atoms with Crippen molar-refractivity contribution in [3.05, 3.63) is 35.1 Å². The molecule has 0 heterocycles. The Morgan fingerprint density at radius 1 is 1.50 bits per heavy atom. The summed E-state index contributed by atoms with van der Waals surface area (Å²) in [5.41, 5.74) is 0.999. The third-order valence-corrected chi connectivity index (χ3v) is 1.73. The second kappa shape index (κ2) is 3.87. The summed E-state index contributed by atoms with van der Waals surface area (Å²) in [6.45, 7) is 2.01. The molecule has 0 aliphatic rings. The van der Waals surface area contributed by atoms with Crippen molar-refractivity contribution in [2.75, 3.05) is 0 Å². The highest BCUT2D eigenvalue weighted by molar-refractivity contribution is 5.38. The lowest BCUT2D eigenvalue weighted by atomic mass is 10.0. The van der Waals surface area contributed by atoms with Crippen LogP contribution in [0.25, 0.3) is 0 Å². The van der Waals surface area contributed by atoms with Crippen LogP contribution < -0.4 is 0 Å². The van der Waals surface area contributed by atoms with Crippen molar-refractivity contribution >= 4 is 0 Å². The molecule has 0 amide bonds. The van der Waals surface area contributed by atoms with Crippen LogP contribution in [0.2, 0.25) is 0 Å². The van der Waals surface area contributed by atoms with Gasteiger partial charge in [0.2, 0.25) is 0 Å². The lowest BCUT2D eigenvalue weighted by Gasteiger charge is -2.01. The molecule has 0 aliphatic carbocycles. The SMILES string of the molecule is CCCc1cccc(F)c1C#N. The van der Waals surface area contributed by atoms with Crippen molar-refractivity contribution in [2.24, 2.45) is 0 Å². The zero-order valence-electron chi connectivity index (χ0n) is 6.97. The highest BCUT2D eigenvalue weighted by Gasteiger charge is 2.05. The second-order valence-corrected chi connectivity index (χ2v) is 2.64. The minimum absolute atomic E-state index is 0.194. The van der Waals surface area contributed by atoms with E-state index >= 15 is 0 Å². The third-order valence-electron chi connectivity index (χ3n) is 1.73. The predicted molar refractivity (Wildman–Crippen MR) is 45.1 cm³/mol. The summed E-state index contributed by atoms with van der Waals surface area (Å²) in [5, 5.41) is 8.64. The maximum absolute atomic E-state index is 13.0. The molecule has 62 valence electrons. The topological polar surface area (TPSA) is 23.8 Å². The summed E-state index contributed by atoms with van der Waals surface area (Å²) >= 11 is 0. The Morgan fingerprint density at radius 2 is 2.25 bits per heavy atom. The van der Waals surface area contributed by atoms with E-state index in [1.165, 1.54) is 6.07 Å². The van der Waals surface area contributed by atoms with Crippen LogP contribution in [0.15, 0.2) is 18.2 Å². The molecule has 0 fully saturated rings. The fourth-order valence-corrected chi connectivity index (χ4v) is 1.17. The molecule has 0 unspecified atom stereocenters. The minimum atomic E-state index is -0.413. The Bertz CT molecular complexity index is 312. The molecule has 12 heavy (non-hydrogen) atoms. The van der Waals surface area contributed by atoms with Gasteiger partial charge in [0.25, 0.3) is 0 Å². The molecule has 0 bridgehead atoms. The van der Waals surface area contributed by atoms with Crippen LogP contribution in [0.4, 0.5) is 4.39 Å². The number of rotatable bonds is 2. The van der Waals surface area contributed by atoms with Crippen LogP contribution in [0, 0.1) is 17.1 Å². The minimum Gasteiger partial charge on any atom is -0.206 e. The number of hydrogen-bond acceptors (Lipinski definition) is 1. The molecule has 2 heteroatoms. The number of nitriles is 1. The standard InChI is InChI=1S/C10H10FN/c1-2-4-8-5-3-6-10(11)9(8)7-12/h3,5-6H,2,4H2,1H3. The van der Waals surface area contributed by atoms with Gasteiger partial charge in [-0.05, 0) is 18.1 Å². The first kappa shape index (κ1) is 8.73. The maximum atomic E-state index is 13.0. The number of nitrogens with zero attached hydrogens (tertiary/aromatic N) is 1. The Labute approximate surface area is 71.4 Å². The first-order valence-corrected chi connectivity index (χ1v) is 3.97. The van der Waals surface area contributed by atoms with E-state index in [0.29, 0.717) is 0 Å². The van der Waals surface area contributed by atoms with Gasteiger partial charge in [-0.1, -0.05) is 25.5 Å². The van der Waals surface area contributed by atoms with Crippen LogP contribution in [-0.4, -0.2) is 0 Å². The number of benzene rings is 1. The maximum Gasteiger partial charge on any atom is 0.141 e. The Hall–Kier alpha value is -1.36. The van der Waals surface area contributed by atoms with Gasteiger partial charge in [-0.15, -0.1) is 0 Å². The van der Waals surface area contributed by atoms with E-state index in [2.05, 4.69) is 0 Å². The van der Waals surface area contributed by atoms with E-state index in [-0.39, 0.29) is 5.56 Å². The highest BCUT2D eigenvalue weighted by Crippen LogP contribution is 2.13. The first-order chi connectivity index (χ1) is 5.79. The smallest absolute Gasteiger partial charge is 0.141 e. The van der Waals surface area contributed by atoms with Crippen molar-refractivity contribution in [3.63, 3.8) is 0 Å². The average Bonchev–Trinajstić information content (AvgIpc) is 2.05. The van der Waals surface area contributed by atoms with Crippen molar-refractivity contribution in [1.82, 2.24) is 0 Å². The van der Waals surface area contributed by atoms with Crippen LogP contribution in [0.1, 0.15) is 24.5 Å². The van der Waals surface area contributed by atoms with E-state index in [0.717, 1.165) is 18.4 Å². The zero-order valence-corrected chi connectivity index (χ0v) is 6.97. The van der Waals surface area contributed by atoms with Gasteiger partial charge in [0.15, 0.2) is 0 Å². The van der Waals surface area contributed by atoms with E-state index < -0.39 is 5.82 Å². The fourth-order valence-electron chi connectivity index (χ4n) is 1.17. The van der Waals surface area contributed by atoms with Gasteiger partial charge in [0.1, 0.15) is 11.9 Å². The monoisotopic (exact) mass is 163 g/mol. The molecule has 0 aromatic heterocycles. The molecular weight excluding hydrogens is 153 g/mol. The van der Waals surface area contributed by atoms with Crippen molar-refractivity contribution < 1.29 is 4.39 Å². The normalized spacial score (nSPS) is 9.42. The molecular formula is C10H10FN. The predicted octanol–water partition coefficient (Wildman–Crippen LogP) is 2.65. The molecule has 1 nitrogen and oxygen atoms in total. The Balaban J connectivity index is 3.11. The summed E-state index contributed by atoms with van der Waals surface area (Å²) in [6, 6.07) is 6.63. The molecule has 1 rings (SSSR count). The van der Waals surface area contributed by atoms with Crippen LogP contribution >= 0.6 is 0 Å². The quantitative estimate of drug-likeness (QED) is 0.657. The van der Waals surface area contributed by atoms with Gasteiger partial charge in [0, 0.05) is 0 Å². The molecule has 0 atom stereocenters. The summed E-state index contributed by atoms with van der Waals surface area (Å²) in [5.74, 6) is -0.413. The Kier molecular flexibility index (Phi) is 2.82. The number of halogens is 1. The largest absolute Gasteiger partial charge is 0.206 e. The lowest BCUT2D eigenvalue weighted by molar-refractivity contribution is 0.620. The summed E-state index contributed by atoms with van der Waals surface area (Å²) < 4.78 is 13.0. The number of hydrogen-bond donors (Lipinski definition) is 0.